The van der Waals surface area contributed by atoms with Crippen LogP contribution in [0.4, 0.5) is 5.82 Å². The molecular weight excluding hydrogens is 262 g/mol. The number of carbonyl (C=O) groups excluding carboxylic acids is 1. The summed E-state index contributed by atoms with van der Waals surface area (Å²) in [5, 5.41) is 1.77. The van der Waals surface area contributed by atoms with Gasteiger partial charge in [-0.15, -0.1) is 0 Å². The lowest BCUT2D eigenvalue weighted by atomic mass is 10.2. The van der Waals surface area contributed by atoms with Crippen molar-refractivity contribution in [1.82, 2.24) is 9.88 Å². The number of hydrogen-bond donors (Lipinski definition) is 0. The second-order valence-electron chi connectivity index (χ2n) is 4.63. The predicted molar refractivity (Wildman–Crippen MR) is 76.6 cm³/mol. The van der Waals surface area contributed by atoms with Crippen molar-refractivity contribution in [2.45, 2.75) is 0 Å². The van der Waals surface area contributed by atoms with Crippen molar-refractivity contribution < 1.29 is 4.79 Å². The Kier molecular flexibility index (Phi) is 3.25. The van der Waals surface area contributed by atoms with E-state index in [4.69, 9.17) is 11.6 Å². The summed E-state index contributed by atoms with van der Waals surface area (Å²) in [5.41, 5.74) is 0.944. The van der Waals surface area contributed by atoms with Gasteiger partial charge in [-0.2, -0.15) is 0 Å². The fourth-order valence-corrected chi connectivity index (χ4v) is 2.50. The van der Waals surface area contributed by atoms with Crippen molar-refractivity contribution >= 4 is 34.7 Å². The summed E-state index contributed by atoms with van der Waals surface area (Å²) >= 11 is 5.96. The van der Waals surface area contributed by atoms with Gasteiger partial charge in [-0.3, -0.25) is 4.79 Å². The Balaban J connectivity index is 1.85. The largest absolute Gasteiger partial charge is 0.353 e. The molecule has 1 aromatic carbocycles. The first-order chi connectivity index (χ1) is 9.26. The minimum Gasteiger partial charge on any atom is -0.353 e. The Labute approximate surface area is 116 Å². The maximum atomic E-state index is 10.7. The highest BCUT2D eigenvalue weighted by Gasteiger charge is 2.16. The fraction of sp³-hybridized carbons (Fsp3) is 0.286. The topological polar surface area (TPSA) is 36.4 Å². The van der Waals surface area contributed by atoms with Gasteiger partial charge in [0.2, 0.25) is 6.41 Å². The predicted octanol–water partition coefficient (Wildman–Crippen LogP) is 2.17. The molecule has 1 fully saturated rings. The Hall–Kier alpha value is -1.81. The number of nitrogens with zero attached hydrogens (tertiary/aromatic N) is 3. The standard InChI is InChI=1S/C14H14ClN3O/c15-12-2-3-13-11(9-12)1-4-14(16-13)18-7-5-17(10-19)6-8-18/h1-4,9-10H,5-8H2. The Morgan fingerprint density at radius 2 is 1.89 bits per heavy atom. The zero-order valence-electron chi connectivity index (χ0n) is 10.4. The molecule has 19 heavy (non-hydrogen) atoms. The summed E-state index contributed by atoms with van der Waals surface area (Å²) in [6, 6.07) is 9.75. The normalized spacial score (nSPS) is 15.8. The molecule has 2 aromatic rings. The van der Waals surface area contributed by atoms with E-state index < -0.39 is 0 Å². The SMILES string of the molecule is O=CN1CCN(c2ccc3cc(Cl)ccc3n2)CC1. The molecule has 1 amide bonds. The van der Waals surface area contributed by atoms with Crippen molar-refractivity contribution in [3.05, 3.63) is 35.4 Å². The van der Waals surface area contributed by atoms with Crippen LogP contribution in [0.15, 0.2) is 30.3 Å². The monoisotopic (exact) mass is 275 g/mol. The minimum atomic E-state index is 0.724. The first-order valence-electron chi connectivity index (χ1n) is 6.27. The summed E-state index contributed by atoms with van der Waals surface area (Å²) < 4.78 is 0. The molecule has 0 atom stereocenters. The van der Waals surface area contributed by atoms with Crippen molar-refractivity contribution in [3.8, 4) is 0 Å². The van der Waals surface area contributed by atoms with Crippen LogP contribution in [-0.4, -0.2) is 42.5 Å². The zero-order valence-corrected chi connectivity index (χ0v) is 11.2. The van der Waals surface area contributed by atoms with Gasteiger partial charge in [0.05, 0.1) is 5.52 Å². The molecular formula is C14H14ClN3O. The van der Waals surface area contributed by atoms with E-state index in [2.05, 4.69) is 9.88 Å². The molecule has 0 saturated carbocycles. The second-order valence-corrected chi connectivity index (χ2v) is 5.07. The highest BCUT2D eigenvalue weighted by Crippen LogP contribution is 2.22. The first-order valence-corrected chi connectivity index (χ1v) is 6.65. The smallest absolute Gasteiger partial charge is 0.209 e. The number of benzene rings is 1. The third-order valence-corrected chi connectivity index (χ3v) is 3.66. The maximum Gasteiger partial charge on any atom is 0.209 e. The average molecular weight is 276 g/mol. The van der Waals surface area contributed by atoms with E-state index in [0.717, 1.165) is 54.3 Å². The highest BCUT2D eigenvalue weighted by molar-refractivity contribution is 6.31. The van der Waals surface area contributed by atoms with E-state index >= 15 is 0 Å². The maximum absolute atomic E-state index is 10.7. The average Bonchev–Trinajstić information content (AvgIpc) is 2.47. The van der Waals surface area contributed by atoms with Crippen molar-refractivity contribution in [2.75, 3.05) is 31.1 Å². The number of amides is 1. The Bertz CT molecular complexity index is 609. The molecule has 5 heteroatoms. The van der Waals surface area contributed by atoms with Gasteiger partial charge in [-0.1, -0.05) is 11.6 Å². The number of pyridine rings is 1. The molecule has 0 radical (unpaired) electrons. The molecule has 1 aliphatic heterocycles. The van der Waals surface area contributed by atoms with Crippen LogP contribution in [0.1, 0.15) is 0 Å². The van der Waals surface area contributed by atoms with Crippen LogP contribution in [-0.2, 0) is 4.79 Å². The highest BCUT2D eigenvalue weighted by atomic mass is 35.5. The molecule has 4 nitrogen and oxygen atoms in total. The molecule has 0 aliphatic carbocycles. The molecule has 0 bridgehead atoms. The van der Waals surface area contributed by atoms with Gasteiger partial charge in [0.25, 0.3) is 0 Å². The lowest BCUT2D eigenvalue weighted by molar-refractivity contribution is -0.118. The summed E-state index contributed by atoms with van der Waals surface area (Å²) in [4.78, 5) is 19.3. The zero-order chi connectivity index (χ0) is 13.2. The molecule has 2 heterocycles. The van der Waals surface area contributed by atoms with Crippen LogP contribution in [0, 0.1) is 0 Å². The number of aromatic nitrogens is 1. The molecule has 0 spiro atoms. The van der Waals surface area contributed by atoms with Gasteiger partial charge < -0.3 is 9.80 Å². The van der Waals surface area contributed by atoms with Gasteiger partial charge in [0, 0.05) is 36.6 Å². The number of carbonyl (C=O) groups is 1. The van der Waals surface area contributed by atoms with Gasteiger partial charge in [0.1, 0.15) is 5.82 Å². The van der Waals surface area contributed by atoms with E-state index in [1.807, 2.05) is 30.3 Å². The van der Waals surface area contributed by atoms with Crippen LogP contribution in [0.5, 0.6) is 0 Å². The quantitative estimate of drug-likeness (QED) is 0.788. The van der Waals surface area contributed by atoms with Crippen molar-refractivity contribution in [2.24, 2.45) is 0 Å². The van der Waals surface area contributed by atoms with Crippen molar-refractivity contribution in [1.29, 1.82) is 0 Å². The Morgan fingerprint density at radius 1 is 1.11 bits per heavy atom. The molecule has 1 aromatic heterocycles. The van der Waals surface area contributed by atoms with Crippen LogP contribution in [0.3, 0.4) is 0 Å². The van der Waals surface area contributed by atoms with E-state index in [-0.39, 0.29) is 0 Å². The second kappa shape index (κ2) is 5.05. The number of hydrogen-bond acceptors (Lipinski definition) is 3. The van der Waals surface area contributed by atoms with E-state index in [1.165, 1.54) is 0 Å². The fourth-order valence-electron chi connectivity index (χ4n) is 2.32. The number of rotatable bonds is 2. The molecule has 0 unspecified atom stereocenters. The summed E-state index contributed by atoms with van der Waals surface area (Å²) in [5.74, 6) is 0.959. The van der Waals surface area contributed by atoms with E-state index in [0.29, 0.717) is 0 Å². The van der Waals surface area contributed by atoms with Gasteiger partial charge >= 0.3 is 0 Å². The summed E-state index contributed by atoms with van der Waals surface area (Å²) in [7, 11) is 0. The first kappa shape index (κ1) is 12.2. The lowest BCUT2D eigenvalue weighted by Crippen LogP contribution is -2.46. The Morgan fingerprint density at radius 3 is 2.63 bits per heavy atom. The molecule has 0 N–H and O–H groups in total. The van der Waals surface area contributed by atoms with Crippen LogP contribution < -0.4 is 4.90 Å². The van der Waals surface area contributed by atoms with Gasteiger partial charge in [0.15, 0.2) is 0 Å². The minimum absolute atomic E-state index is 0.724. The molecule has 1 saturated heterocycles. The van der Waals surface area contributed by atoms with E-state index in [9.17, 15) is 4.79 Å². The van der Waals surface area contributed by atoms with Crippen LogP contribution in [0.2, 0.25) is 5.02 Å². The summed E-state index contributed by atoms with van der Waals surface area (Å²) in [6.45, 7) is 3.16. The van der Waals surface area contributed by atoms with E-state index in [1.54, 1.807) is 4.90 Å². The third-order valence-electron chi connectivity index (χ3n) is 3.42. The molecule has 3 rings (SSSR count). The lowest BCUT2D eigenvalue weighted by Gasteiger charge is -2.33. The van der Waals surface area contributed by atoms with Gasteiger partial charge in [-0.25, -0.2) is 4.98 Å². The summed E-state index contributed by atoms with van der Waals surface area (Å²) in [6.07, 6.45) is 0.910. The molecule has 98 valence electrons. The van der Waals surface area contributed by atoms with Crippen molar-refractivity contribution in [3.63, 3.8) is 0 Å². The van der Waals surface area contributed by atoms with Gasteiger partial charge in [-0.05, 0) is 30.3 Å². The molecule has 1 aliphatic rings. The third kappa shape index (κ3) is 2.49. The number of piperazine rings is 1. The number of halogens is 1. The number of fused-ring (bicyclic) bond motifs is 1. The van der Waals surface area contributed by atoms with Crippen LogP contribution >= 0.6 is 11.6 Å². The van der Waals surface area contributed by atoms with Crippen LogP contribution in [0.25, 0.3) is 10.9 Å². The number of anilines is 1.